The smallest absolute Gasteiger partial charge is 0.189 e. The van der Waals surface area contributed by atoms with Crippen LogP contribution in [0.1, 0.15) is 39.4 Å². The van der Waals surface area contributed by atoms with E-state index in [1.807, 2.05) is 18.2 Å². The minimum absolute atomic E-state index is 0.00219. The van der Waals surface area contributed by atoms with E-state index in [2.05, 4.69) is 44.8 Å². The summed E-state index contributed by atoms with van der Waals surface area (Å²) in [5.41, 5.74) is 1.20. The van der Waals surface area contributed by atoms with Crippen LogP contribution in [-0.4, -0.2) is 11.9 Å². The first-order chi connectivity index (χ1) is 7.48. The highest BCUT2D eigenvalue weighted by atomic mass is 16.5. The molecule has 2 rings (SSSR count). The summed E-state index contributed by atoms with van der Waals surface area (Å²) < 4.78 is 5.97. The van der Waals surface area contributed by atoms with Crippen molar-refractivity contribution in [1.82, 2.24) is 0 Å². The highest BCUT2D eigenvalue weighted by Crippen LogP contribution is 2.34. The number of benzene rings is 1. The van der Waals surface area contributed by atoms with E-state index >= 15 is 0 Å². The van der Waals surface area contributed by atoms with Gasteiger partial charge in [-0.15, -0.1) is 0 Å². The number of aliphatic imine (C=N–C) groups is 1. The minimum Gasteiger partial charge on any atom is -0.470 e. The second-order valence-corrected chi connectivity index (χ2v) is 5.37. The van der Waals surface area contributed by atoms with Gasteiger partial charge in [0, 0.05) is 5.41 Å². The third-order valence-corrected chi connectivity index (χ3v) is 2.77. The van der Waals surface area contributed by atoms with E-state index in [1.54, 1.807) is 0 Å². The highest BCUT2D eigenvalue weighted by molar-refractivity contribution is 5.83. The molecule has 86 valence electrons. The van der Waals surface area contributed by atoms with Crippen molar-refractivity contribution in [2.24, 2.45) is 10.4 Å². The second-order valence-electron chi connectivity index (χ2n) is 5.37. The van der Waals surface area contributed by atoms with Gasteiger partial charge in [0.05, 0.1) is 6.04 Å². The van der Waals surface area contributed by atoms with Crippen LogP contribution in [-0.2, 0) is 4.74 Å². The van der Waals surface area contributed by atoms with Crippen LogP contribution in [0.25, 0.3) is 0 Å². The van der Waals surface area contributed by atoms with E-state index in [9.17, 15) is 0 Å². The van der Waals surface area contributed by atoms with Crippen LogP contribution in [0.4, 0.5) is 0 Å². The lowest BCUT2D eigenvalue weighted by Gasteiger charge is -2.20. The predicted molar refractivity (Wildman–Crippen MR) is 66.6 cm³/mol. The van der Waals surface area contributed by atoms with Crippen LogP contribution in [0.15, 0.2) is 35.3 Å². The topological polar surface area (TPSA) is 21.6 Å². The maximum Gasteiger partial charge on any atom is 0.189 e. The van der Waals surface area contributed by atoms with Gasteiger partial charge in [-0.2, -0.15) is 0 Å². The molecule has 2 nitrogen and oxygen atoms in total. The zero-order valence-electron chi connectivity index (χ0n) is 10.4. The van der Waals surface area contributed by atoms with Gasteiger partial charge in [0.1, 0.15) is 6.10 Å². The molecule has 16 heavy (non-hydrogen) atoms. The summed E-state index contributed by atoms with van der Waals surface area (Å²) in [6, 6.07) is 10.5. The van der Waals surface area contributed by atoms with Gasteiger partial charge in [-0.1, -0.05) is 51.1 Å². The Balaban J connectivity index is 2.19. The summed E-state index contributed by atoms with van der Waals surface area (Å²) >= 11 is 0. The van der Waals surface area contributed by atoms with Gasteiger partial charge < -0.3 is 4.74 Å². The standard InChI is InChI=1S/C14H19NO/c1-10-12(11-8-6-5-7-9-11)16-13(15-10)14(2,3)4/h5-10,12H,1-4H3/t10-,12+/m1/s1. The Hall–Kier alpha value is -1.31. The van der Waals surface area contributed by atoms with Gasteiger partial charge in [0.15, 0.2) is 5.90 Å². The Morgan fingerprint density at radius 2 is 1.75 bits per heavy atom. The molecule has 1 aromatic rings. The molecule has 2 atom stereocenters. The van der Waals surface area contributed by atoms with Crippen molar-refractivity contribution in [2.45, 2.75) is 39.8 Å². The van der Waals surface area contributed by atoms with Gasteiger partial charge in [-0.05, 0) is 12.5 Å². The number of rotatable bonds is 1. The van der Waals surface area contributed by atoms with Crippen LogP contribution >= 0.6 is 0 Å². The van der Waals surface area contributed by atoms with Gasteiger partial charge >= 0.3 is 0 Å². The largest absolute Gasteiger partial charge is 0.470 e. The fourth-order valence-corrected chi connectivity index (χ4v) is 1.86. The Kier molecular flexibility index (Phi) is 2.75. The summed E-state index contributed by atoms with van der Waals surface area (Å²) in [7, 11) is 0. The van der Waals surface area contributed by atoms with Gasteiger partial charge in [0.25, 0.3) is 0 Å². The van der Waals surface area contributed by atoms with Gasteiger partial charge in [-0.25, -0.2) is 4.99 Å². The highest BCUT2D eigenvalue weighted by Gasteiger charge is 2.34. The predicted octanol–water partition coefficient (Wildman–Crippen LogP) is 3.59. The van der Waals surface area contributed by atoms with E-state index in [-0.39, 0.29) is 17.6 Å². The normalized spacial score (nSPS) is 25.1. The van der Waals surface area contributed by atoms with Crippen LogP contribution in [0.2, 0.25) is 0 Å². The third-order valence-electron chi connectivity index (χ3n) is 2.77. The molecule has 0 N–H and O–H groups in total. The summed E-state index contributed by atoms with van der Waals surface area (Å²) in [4.78, 5) is 4.61. The van der Waals surface area contributed by atoms with Crippen molar-refractivity contribution in [3.63, 3.8) is 0 Å². The Bertz CT molecular complexity index is 389. The number of ether oxygens (including phenoxy) is 1. The van der Waals surface area contributed by atoms with Gasteiger partial charge in [0.2, 0.25) is 0 Å². The molecule has 1 heterocycles. The van der Waals surface area contributed by atoms with E-state index < -0.39 is 0 Å². The summed E-state index contributed by atoms with van der Waals surface area (Å²) in [6.45, 7) is 8.50. The maximum atomic E-state index is 5.97. The minimum atomic E-state index is -0.00219. The summed E-state index contributed by atoms with van der Waals surface area (Å²) in [6.07, 6.45) is 0.0791. The monoisotopic (exact) mass is 217 g/mol. The molecule has 1 aromatic carbocycles. The molecule has 1 aliphatic rings. The number of hydrogen-bond donors (Lipinski definition) is 0. The Morgan fingerprint density at radius 1 is 1.12 bits per heavy atom. The molecule has 0 unspecified atom stereocenters. The zero-order chi connectivity index (χ0) is 11.8. The van der Waals surface area contributed by atoms with Crippen LogP contribution in [0.5, 0.6) is 0 Å². The van der Waals surface area contributed by atoms with Crippen LogP contribution in [0.3, 0.4) is 0 Å². The van der Waals surface area contributed by atoms with E-state index in [1.165, 1.54) is 5.56 Å². The van der Waals surface area contributed by atoms with Crippen molar-refractivity contribution in [2.75, 3.05) is 0 Å². The van der Waals surface area contributed by atoms with E-state index in [0.717, 1.165) is 5.90 Å². The van der Waals surface area contributed by atoms with E-state index in [0.29, 0.717) is 0 Å². The van der Waals surface area contributed by atoms with Crippen LogP contribution < -0.4 is 0 Å². The van der Waals surface area contributed by atoms with Crippen molar-refractivity contribution in [1.29, 1.82) is 0 Å². The molecule has 0 amide bonds. The quantitative estimate of drug-likeness (QED) is 0.704. The number of hydrogen-bond acceptors (Lipinski definition) is 2. The fourth-order valence-electron chi connectivity index (χ4n) is 1.86. The molecule has 0 fully saturated rings. The third kappa shape index (κ3) is 2.11. The first-order valence-electron chi connectivity index (χ1n) is 5.78. The first-order valence-corrected chi connectivity index (χ1v) is 5.78. The molecule has 0 radical (unpaired) electrons. The van der Waals surface area contributed by atoms with Crippen molar-refractivity contribution in [3.05, 3.63) is 35.9 Å². The second kappa shape index (κ2) is 3.93. The molecular weight excluding hydrogens is 198 g/mol. The van der Waals surface area contributed by atoms with Crippen molar-refractivity contribution >= 4 is 5.90 Å². The average Bonchev–Trinajstić information content (AvgIpc) is 2.61. The SMILES string of the molecule is C[C@H]1N=C(C(C)(C)C)O[C@@H]1c1ccccc1. The lowest BCUT2D eigenvalue weighted by atomic mass is 9.97. The molecule has 0 saturated carbocycles. The molecule has 0 bridgehead atoms. The number of nitrogens with zero attached hydrogens (tertiary/aromatic N) is 1. The van der Waals surface area contributed by atoms with E-state index in [4.69, 9.17) is 4.74 Å². The fraction of sp³-hybridized carbons (Fsp3) is 0.500. The Morgan fingerprint density at radius 3 is 2.25 bits per heavy atom. The van der Waals surface area contributed by atoms with Gasteiger partial charge in [-0.3, -0.25) is 0 Å². The zero-order valence-corrected chi connectivity index (χ0v) is 10.4. The summed E-state index contributed by atoms with van der Waals surface area (Å²) in [5.74, 6) is 0.869. The first kappa shape index (κ1) is 11.2. The molecule has 1 aliphatic heterocycles. The lowest BCUT2D eigenvalue weighted by molar-refractivity contribution is 0.181. The molecule has 0 spiro atoms. The molecule has 0 aliphatic carbocycles. The maximum absolute atomic E-state index is 5.97. The van der Waals surface area contributed by atoms with Crippen molar-refractivity contribution in [3.8, 4) is 0 Å². The Labute approximate surface area is 97.4 Å². The molecule has 2 heteroatoms. The molecule has 0 aromatic heterocycles. The molecular formula is C14H19NO. The van der Waals surface area contributed by atoms with Crippen LogP contribution in [0, 0.1) is 5.41 Å². The molecule has 0 saturated heterocycles. The summed E-state index contributed by atoms with van der Waals surface area (Å²) in [5, 5.41) is 0. The average molecular weight is 217 g/mol. The van der Waals surface area contributed by atoms with Crippen molar-refractivity contribution < 1.29 is 4.74 Å². The lowest BCUT2D eigenvalue weighted by Crippen LogP contribution is -2.21.